The molecule has 0 radical (unpaired) electrons. The second-order valence-corrected chi connectivity index (χ2v) is 4.50. The van der Waals surface area contributed by atoms with Gasteiger partial charge in [-0.25, -0.2) is 9.59 Å². The van der Waals surface area contributed by atoms with Gasteiger partial charge in [-0.15, -0.1) is 0 Å². The monoisotopic (exact) mass is 312 g/mol. The number of hydrogen-bond acceptors (Lipinski definition) is 2. The SMILES string of the molecule is O=C(O)c1cccc(Cl)c1.O=C(O)c1cccc(Cl)c1. The minimum atomic E-state index is -0.956. The van der Waals surface area contributed by atoms with Gasteiger partial charge >= 0.3 is 11.9 Å². The summed E-state index contributed by atoms with van der Waals surface area (Å²) in [7, 11) is 0. The Morgan fingerprint density at radius 2 is 1.10 bits per heavy atom. The Hall–Kier alpha value is -2.04. The average molecular weight is 313 g/mol. The lowest BCUT2D eigenvalue weighted by molar-refractivity contribution is 0.0686. The van der Waals surface area contributed by atoms with Gasteiger partial charge in [0.05, 0.1) is 11.1 Å². The van der Waals surface area contributed by atoms with Crippen molar-refractivity contribution >= 4 is 35.1 Å². The van der Waals surface area contributed by atoms with E-state index in [1.54, 1.807) is 24.3 Å². The maximum Gasteiger partial charge on any atom is 0.335 e. The Bertz CT molecular complexity index is 571. The molecule has 104 valence electrons. The van der Waals surface area contributed by atoms with Crippen LogP contribution in [0.2, 0.25) is 10.0 Å². The van der Waals surface area contributed by atoms with Crippen molar-refractivity contribution in [2.75, 3.05) is 0 Å². The summed E-state index contributed by atoms with van der Waals surface area (Å²) in [5, 5.41) is 17.8. The summed E-state index contributed by atoms with van der Waals surface area (Å²) in [4.78, 5) is 20.6. The van der Waals surface area contributed by atoms with Gasteiger partial charge in [0, 0.05) is 10.0 Å². The zero-order valence-corrected chi connectivity index (χ0v) is 11.6. The molecule has 0 fully saturated rings. The van der Waals surface area contributed by atoms with Gasteiger partial charge in [0.15, 0.2) is 0 Å². The molecule has 0 unspecified atom stereocenters. The van der Waals surface area contributed by atoms with Gasteiger partial charge in [-0.05, 0) is 36.4 Å². The first-order chi connectivity index (χ1) is 9.40. The summed E-state index contributed by atoms with van der Waals surface area (Å²) in [6.45, 7) is 0. The molecule has 0 heterocycles. The number of carbonyl (C=O) groups is 2. The average Bonchev–Trinajstić information content (AvgIpc) is 2.39. The molecule has 4 nitrogen and oxygen atoms in total. The van der Waals surface area contributed by atoms with E-state index in [9.17, 15) is 9.59 Å². The number of carboxylic acids is 2. The fraction of sp³-hybridized carbons (Fsp3) is 0. The first-order valence-electron chi connectivity index (χ1n) is 5.38. The summed E-state index contributed by atoms with van der Waals surface area (Å²) >= 11 is 11.1. The predicted octanol–water partition coefficient (Wildman–Crippen LogP) is 4.08. The van der Waals surface area contributed by atoms with Crippen LogP contribution >= 0.6 is 23.2 Å². The highest BCUT2D eigenvalue weighted by molar-refractivity contribution is 6.31. The van der Waals surface area contributed by atoms with Crippen LogP contribution in [0.25, 0.3) is 0 Å². The molecular formula is C14H10Cl2O4. The van der Waals surface area contributed by atoms with Crippen LogP contribution in [-0.4, -0.2) is 22.2 Å². The second kappa shape index (κ2) is 7.53. The van der Waals surface area contributed by atoms with E-state index in [1.165, 1.54) is 24.3 Å². The summed E-state index contributed by atoms with van der Waals surface area (Å²) < 4.78 is 0. The van der Waals surface area contributed by atoms with Crippen LogP contribution in [0.1, 0.15) is 20.7 Å². The molecule has 2 rings (SSSR count). The summed E-state index contributed by atoms with van der Waals surface area (Å²) in [6.07, 6.45) is 0. The molecule has 2 aromatic rings. The molecule has 0 bridgehead atoms. The molecule has 0 saturated carbocycles. The van der Waals surface area contributed by atoms with Gasteiger partial charge in [0.1, 0.15) is 0 Å². The lowest BCUT2D eigenvalue weighted by Gasteiger charge is -1.92. The number of halogens is 2. The first-order valence-corrected chi connectivity index (χ1v) is 6.13. The highest BCUT2D eigenvalue weighted by atomic mass is 35.5. The normalized spacial score (nSPS) is 9.30. The van der Waals surface area contributed by atoms with E-state index in [-0.39, 0.29) is 11.1 Å². The largest absolute Gasteiger partial charge is 0.478 e. The van der Waals surface area contributed by atoms with Crippen molar-refractivity contribution in [2.24, 2.45) is 0 Å². The molecule has 0 aliphatic heterocycles. The van der Waals surface area contributed by atoms with E-state index < -0.39 is 11.9 Å². The van der Waals surface area contributed by atoms with Crippen LogP contribution < -0.4 is 0 Å². The van der Waals surface area contributed by atoms with Crippen molar-refractivity contribution in [3.63, 3.8) is 0 Å². The Balaban J connectivity index is 0.000000200. The summed E-state index contributed by atoms with van der Waals surface area (Å²) in [5.74, 6) is -1.91. The maximum atomic E-state index is 10.3. The number of carboxylic acid groups (broad SMARTS) is 2. The third kappa shape index (κ3) is 5.30. The molecular weight excluding hydrogens is 303 g/mol. The van der Waals surface area contributed by atoms with Crippen LogP contribution in [0.5, 0.6) is 0 Å². The number of aromatic carboxylic acids is 2. The van der Waals surface area contributed by atoms with E-state index in [1.807, 2.05) is 0 Å². The Morgan fingerprint density at radius 1 is 0.750 bits per heavy atom. The molecule has 0 aliphatic rings. The summed E-state index contributed by atoms with van der Waals surface area (Å²) in [6, 6.07) is 12.3. The quantitative estimate of drug-likeness (QED) is 0.876. The fourth-order valence-corrected chi connectivity index (χ4v) is 1.62. The van der Waals surface area contributed by atoms with Gasteiger partial charge in [-0.3, -0.25) is 0 Å². The maximum absolute atomic E-state index is 10.3. The standard InChI is InChI=1S/2C7H5ClO2/c2*8-6-3-1-2-5(4-6)7(9)10/h2*1-4H,(H,9,10). The van der Waals surface area contributed by atoms with E-state index in [4.69, 9.17) is 33.4 Å². The van der Waals surface area contributed by atoms with E-state index in [2.05, 4.69) is 0 Å². The van der Waals surface area contributed by atoms with Gasteiger partial charge in [-0.2, -0.15) is 0 Å². The van der Waals surface area contributed by atoms with Gasteiger partial charge in [0.2, 0.25) is 0 Å². The Labute approximate surface area is 125 Å². The Morgan fingerprint density at radius 3 is 1.30 bits per heavy atom. The summed E-state index contributed by atoms with van der Waals surface area (Å²) in [5.41, 5.74) is 0.431. The highest BCUT2D eigenvalue weighted by Crippen LogP contribution is 2.10. The molecule has 0 atom stereocenters. The van der Waals surface area contributed by atoms with E-state index in [0.29, 0.717) is 10.0 Å². The topological polar surface area (TPSA) is 74.6 Å². The van der Waals surface area contributed by atoms with Crippen molar-refractivity contribution in [1.82, 2.24) is 0 Å². The van der Waals surface area contributed by atoms with Crippen LogP contribution in [0.3, 0.4) is 0 Å². The lowest BCUT2D eigenvalue weighted by Crippen LogP contribution is -1.94. The molecule has 6 heteroatoms. The van der Waals surface area contributed by atoms with Crippen molar-refractivity contribution < 1.29 is 19.8 Å². The molecule has 2 aromatic carbocycles. The van der Waals surface area contributed by atoms with E-state index in [0.717, 1.165) is 0 Å². The molecule has 20 heavy (non-hydrogen) atoms. The van der Waals surface area contributed by atoms with Crippen molar-refractivity contribution in [2.45, 2.75) is 0 Å². The van der Waals surface area contributed by atoms with Crippen molar-refractivity contribution in [3.05, 3.63) is 69.7 Å². The van der Waals surface area contributed by atoms with Crippen LogP contribution in [0, 0.1) is 0 Å². The van der Waals surface area contributed by atoms with Crippen LogP contribution in [-0.2, 0) is 0 Å². The minimum Gasteiger partial charge on any atom is -0.478 e. The van der Waals surface area contributed by atoms with Crippen molar-refractivity contribution in [3.8, 4) is 0 Å². The number of benzene rings is 2. The van der Waals surface area contributed by atoms with Crippen LogP contribution in [0.4, 0.5) is 0 Å². The molecule has 0 spiro atoms. The first kappa shape index (κ1) is 16.0. The van der Waals surface area contributed by atoms with Crippen LogP contribution in [0.15, 0.2) is 48.5 Å². The molecule has 2 N–H and O–H groups in total. The molecule has 0 saturated heterocycles. The minimum absolute atomic E-state index is 0.215. The molecule has 0 amide bonds. The smallest absolute Gasteiger partial charge is 0.335 e. The zero-order valence-electron chi connectivity index (χ0n) is 10.1. The number of hydrogen-bond donors (Lipinski definition) is 2. The lowest BCUT2D eigenvalue weighted by atomic mass is 10.2. The third-order valence-corrected chi connectivity index (χ3v) is 2.61. The molecule has 0 aromatic heterocycles. The third-order valence-electron chi connectivity index (χ3n) is 2.14. The van der Waals surface area contributed by atoms with Gasteiger partial charge in [0.25, 0.3) is 0 Å². The zero-order chi connectivity index (χ0) is 15.1. The highest BCUT2D eigenvalue weighted by Gasteiger charge is 2.01. The second-order valence-electron chi connectivity index (χ2n) is 3.63. The Kier molecular flexibility index (Phi) is 6.03. The van der Waals surface area contributed by atoms with Gasteiger partial charge < -0.3 is 10.2 Å². The van der Waals surface area contributed by atoms with Gasteiger partial charge in [-0.1, -0.05) is 35.3 Å². The van der Waals surface area contributed by atoms with E-state index >= 15 is 0 Å². The predicted molar refractivity (Wildman–Crippen MR) is 76.8 cm³/mol. The number of rotatable bonds is 2. The fourth-order valence-electron chi connectivity index (χ4n) is 1.24. The molecule has 0 aliphatic carbocycles. The van der Waals surface area contributed by atoms with Crippen molar-refractivity contribution in [1.29, 1.82) is 0 Å².